The Kier molecular flexibility index (Phi) is 5.85. The van der Waals surface area contributed by atoms with Gasteiger partial charge in [0.15, 0.2) is 6.61 Å². The molecule has 0 unspecified atom stereocenters. The van der Waals surface area contributed by atoms with Crippen molar-refractivity contribution >= 4 is 11.6 Å². The van der Waals surface area contributed by atoms with Crippen molar-refractivity contribution in [1.29, 1.82) is 0 Å². The topological polar surface area (TPSA) is 64.3 Å². The van der Waals surface area contributed by atoms with Crippen LogP contribution >= 0.6 is 0 Å². The lowest BCUT2D eigenvalue weighted by Gasteiger charge is -2.22. The quantitative estimate of drug-likeness (QED) is 0.801. The fourth-order valence-electron chi connectivity index (χ4n) is 2.44. The van der Waals surface area contributed by atoms with E-state index in [0.29, 0.717) is 6.54 Å². The molecule has 3 N–H and O–H groups in total. The van der Waals surface area contributed by atoms with E-state index in [1.165, 1.54) is 0 Å². The Hall–Kier alpha value is -2.49. The number of benzene rings is 2. The smallest absolute Gasteiger partial charge is 0.257 e. The van der Waals surface area contributed by atoms with Crippen molar-refractivity contribution in [2.24, 2.45) is 0 Å². The first kappa shape index (κ1) is 17.9. The number of anilines is 1. The zero-order valence-electron chi connectivity index (χ0n) is 14.6. The van der Waals surface area contributed by atoms with Crippen LogP contribution in [0.15, 0.2) is 48.5 Å². The molecule has 0 fully saturated rings. The maximum atomic E-state index is 12.0. The van der Waals surface area contributed by atoms with Gasteiger partial charge in [0.1, 0.15) is 5.75 Å². The Morgan fingerprint density at radius 1 is 1.08 bits per heavy atom. The minimum absolute atomic E-state index is 0.0226. The zero-order chi connectivity index (χ0) is 17.6. The summed E-state index contributed by atoms with van der Waals surface area (Å²) >= 11 is 0. The van der Waals surface area contributed by atoms with Crippen molar-refractivity contribution in [1.82, 2.24) is 5.32 Å². The number of para-hydroxylation sites is 1. The molecule has 4 nitrogen and oxygen atoms in total. The van der Waals surface area contributed by atoms with Crippen LogP contribution < -0.4 is 15.8 Å². The van der Waals surface area contributed by atoms with Gasteiger partial charge < -0.3 is 15.8 Å². The molecule has 0 aliphatic carbocycles. The van der Waals surface area contributed by atoms with Crippen molar-refractivity contribution < 1.29 is 9.53 Å². The molecule has 0 bridgehead atoms. The standard InChI is InChI=1S/C20H26N2O2/c1-20(2,3)17-6-4-5-7-18(17)24-14-19(23)22-13-12-15-8-10-16(21)11-9-15/h4-11H,12-14,21H2,1-3H3,(H,22,23). The summed E-state index contributed by atoms with van der Waals surface area (Å²) in [7, 11) is 0. The molecule has 0 saturated heterocycles. The van der Waals surface area contributed by atoms with Crippen LogP contribution in [0.3, 0.4) is 0 Å². The Labute approximate surface area is 144 Å². The third-order valence-electron chi connectivity index (χ3n) is 3.77. The van der Waals surface area contributed by atoms with E-state index in [9.17, 15) is 4.79 Å². The highest BCUT2D eigenvalue weighted by atomic mass is 16.5. The van der Waals surface area contributed by atoms with E-state index in [4.69, 9.17) is 10.5 Å². The molecular formula is C20H26N2O2. The zero-order valence-corrected chi connectivity index (χ0v) is 14.6. The number of nitrogens with two attached hydrogens (primary N) is 1. The van der Waals surface area contributed by atoms with Crippen molar-refractivity contribution in [2.75, 3.05) is 18.9 Å². The molecule has 0 saturated carbocycles. The number of nitrogen functional groups attached to an aromatic ring is 1. The molecule has 0 heterocycles. The van der Waals surface area contributed by atoms with E-state index in [-0.39, 0.29) is 17.9 Å². The van der Waals surface area contributed by atoms with Crippen LogP contribution in [-0.2, 0) is 16.6 Å². The molecular weight excluding hydrogens is 300 g/mol. The van der Waals surface area contributed by atoms with Crippen molar-refractivity contribution in [3.05, 3.63) is 59.7 Å². The number of ether oxygens (including phenoxy) is 1. The number of carbonyl (C=O) groups excluding carboxylic acids is 1. The largest absolute Gasteiger partial charge is 0.483 e. The normalized spacial score (nSPS) is 11.1. The fraction of sp³-hybridized carbons (Fsp3) is 0.350. The van der Waals surface area contributed by atoms with Gasteiger partial charge >= 0.3 is 0 Å². The Balaban J connectivity index is 1.80. The van der Waals surface area contributed by atoms with Gasteiger partial charge in [0, 0.05) is 12.2 Å². The van der Waals surface area contributed by atoms with E-state index in [0.717, 1.165) is 29.0 Å². The van der Waals surface area contributed by atoms with Crippen molar-refractivity contribution in [3.63, 3.8) is 0 Å². The molecule has 0 spiro atoms. The van der Waals surface area contributed by atoms with Gasteiger partial charge in [-0.05, 0) is 41.2 Å². The lowest BCUT2D eigenvalue weighted by atomic mass is 9.86. The van der Waals surface area contributed by atoms with Crippen LogP contribution in [0.4, 0.5) is 5.69 Å². The van der Waals surface area contributed by atoms with E-state index >= 15 is 0 Å². The Bertz CT molecular complexity index is 673. The third kappa shape index (κ3) is 5.30. The van der Waals surface area contributed by atoms with Crippen molar-refractivity contribution in [2.45, 2.75) is 32.6 Å². The molecule has 4 heteroatoms. The number of hydrogen-bond donors (Lipinski definition) is 2. The molecule has 0 aliphatic heterocycles. The molecule has 0 aromatic heterocycles. The van der Waals surface area contributed by atoms with E-state index in [1.54, 1.807) is 0 Å². The summed E-state index contributed by atoms with van der Waals surface area (Å²) in [6.07, 6.45) is 0.768. The molecule has 2 aromatic rings. The lowest BCUT2D eigenvalue weighted by molar-refractivity contribution is -0.123. The predicted octanol–water partition coefficient (Wildman–Crippen LogP) is 3.30. The lowest BCUT2D eigenvalue weighted by Crippen LogP contribution is -2.31. The van der Waals surface area contributed by atoms with Crippen LogP contribution in [0.2, 0.25) is 0 Å². The average molecular weight is 326 g/mol. The maximum Gasteiger partial charge on any atom is 0.257 e. The highest BCUT2D eigenvalue weighted by Gasteiger charge is 2.18. The second-order valence-corrected chi connectivity index (χ2v) is 6.88. The molecule has 0 aliphatic rings. The second-order valence-electron chi connectivity index (χ2n) is 6.88. The maximum absolute atomic E-state index is 12.0. The van der Waals surface area contributed by atoms with Gasteiger partial charge in [-0.2, -0.15) is 0 Å². The molecule has 128 valence electrons. The number of nitrogens with one attached hydrogen (secondary N) is 1. The summed E-state index contributed by atoms with van der Waals surface area (Å²) in [6, 6.07) is 15.5. The number of rotatable bonds is 6. The average Bonchev–Trinajstić information content (AvgIpc) is 2.54. The van der Waals surface area contributed by atoms with Gasteiger partial charge in [-0.3, -0.25) is 4.79 Å². The highest BCUT2D eigenvalue weighted by molar-refractivity contribution is 5.77. The predicted molar refractivity (Wildman–Crippen MR) is 98.2 cm³/mol. The first-order chi connectivity index (χ1) is 11.4. The molecule has 2 rings (SSSR count). The third-order valence-corrected chi connectivity index (χ3v) is 3.77. The molecule has 2 aromatic carbocycles. The summed E-state index contributed by atoms with van der Waals surface area (Å²) < 4.78 is 5.72. The van der Waals surface area contributed by atoms with Gasteiger partial charge in [-0.15, -0.1) is 0 Å². The minimum Gasteiger partial charge on any atom is -0.483 e. The fourth-order valence-corrected chi connectivity index (χ4v) is 2.44. The van der Waals surface area contributed by atoms with E-state index < -0.39 is 0 Å². The number of amides is 1. The minimum atomic E-state index is -0.117. The Morgan fingerprint density at radius 3 is 2.42 bits per heavy atom. The number of hydrogen-bond acceptors (Lipinski definition) is 3. The SMILES string of the molecule is CC(C)(C)c1ccccc1OCC(=O)NCCc1ccc(N)cc1. The van der Waals surface area contributed by atoms with Crippen LogP contribution in [0.5, 0.6) is 5.75 Å². The molecule has 24 heavy (non-hydrogen) atoms. The van der Waals surface area contributed by atoms with Crippen molar-refractivity contribution in [3.8, 4) is 5.75 Å². The van der Waals surface area contributed by atoms with Gasteiger partial charge in [-0.25, -0.2) is 0 Å². The highest BCUT2D eigenvalue weighted by Crippen LogP contribution is 2.30. The molecule has 1 amide bonds. The second kappa shape index (κ2) is 7.86. The van der Waals surface area contributed by atoms with Gasteiger partial charge in [-0.1, -0.05) is 51.1 Å². The van der Waals surface area contributed by atoms with Crippen LogP contribution in [-0.4, -0.2) is 19.1 Å². The first-order valence-corrected chi connectivity index (χ1v) is 8.19. The molecule has 0 atom stereocenters. The Morgan fingerprint density at radius 2 is 1.75 bits per heavy atom. The monoisotopic (exact) mass is 326 g/mol. The first-order valence-electron chi connectivity index (χ1n) is 8.19. The van der Waals surface area contributed by atoms with Crippen LogP contribution in [0, 0.1) is 0 Å². The van der Waals surface area contributed by atoms with Crippen LogP contribution in [0.1, 0.15) is 31.9 Å². The van der Waals surface area contributed by atoms with Crippen LogP contribution in [0.25, 0.3) is 0 Å². The van der Waals surface area contributed by atoms with E-state index in [1.807, 2.05) is 48.5 Å². The summed E-state index contributed by atoms with van der Waals surface area (Å²) in [6.45, 7) is 6.98. The summed E-state index contributed by atoms with van der Waals surface area (Å²) in [4.78, 5) is 12.0. The summed E-state index contributed by atoms with van der Waals surface area (Å²) in [5.41, 5.74) is 8.61. The summed E-state index contributed by atoms with van der Waals surface area (Å²) in [5, 5.41) is 2.88. The number of carbonyl (C=O) groups is 1. The van der Waals surface area contributed by atoms with Gasteiger partial charge in [0.25, 0.3) is 5.91 Å². The summed E-state index contributed by atoms with van der Waals surface area (Å²) in [5.74, 6) is 0.646. The van der Waals surface area contributed by atoms with Gasteiger partial charge in [0.05, 0.1) is 0 Å². The molecule has 0 radical (unpaired) electrons. The van der Waals surface area contributed by atoms with Gasteiger partial charge in [0.2, 0.25) is 0 Å². The van der Waals surface area contributed by atoms with E-state index in [2.05, 4.69) is 26.1 Å².